The number of hydrogen-bond donors (Lipinski definition) is 2. The zero-order valence-electron chi connectivity index (χ0n) is 10.6. The fourth-order valence-corrected chi connectivity index (χ4v) is 2.75. The molecule has 1 aromatic heterocycles. The van der Waals surface area contributed by atoms with Gasteiger partial charge in [0.15, 0.2) is 0 Å². The second kappa shape index (κ2) is 6.91. The summed E-state index contributed by atoms with van der Waals surface area (Å²) < 4.78 is 5.80. The van der Waals surface area contributed by atoms with E-state index in [4.69, 9.17) is 16.3 Å². The largest absolute Gasteiger partial charge is 0.497 e. The van der Waals surface area contributed by atoms with Crippen molar-refractivity contribution in [2.24, 2.45) is 0 Å². The standard InChI is InChI=1S/C14H16ClNO2S/c1-18-11-4-2-10(3-5-11)8-16-9-12(17)13-6-7-14(15)19-13/h2-7,12,16-17H,8-9H2,1H3. The molecule has 0 saturated carbocycles. The number of benzene rings is 1. The van der Waals surface area contributed by atoms with Gasteiger partial charge in [0.25, 0.3) is 0 Å². The molecule has 0 aliphatic heterocycles. The van der Waals surface area contributed by atoms with Crippen LogP contribution in [0.1, 0.15) is 16.5 Å². The Kier molecular flexibility index (Phi) is 5.22. The summed E-state index contributed by atoms with van der Waals surface area (Å²) in [5.41, 5.74) is 1.15. The van der Waals surface area contributed by atoms with E-state index >= 15 is 0 Å². The van der Waals surface area contributed by atoms with E-state index < -0.39 is 6.10 Å². The highest BCUT2D eigenvalue weighted by Crippen LogP contribution is 2.26. The number of ether oxygens (including phenoxy) is 1. The Balaban J connectivity index is 1.79. The molecule has 0 bridgehead atoms. The summed E-state index contributed by atoms with van der Waals surface area (Å²) in [7, 11) is 1.65. The first-order valence-corrected chi connectivity index (χ1v) is 7.15. The van der Waals surface area contributed by atoms with E-state index in [1.165, 1.54) is 11.3 Å². The number of rotatable bonds is 6. The summed E-state index contributed by atoms with van der Waals surface area (Å²) in [4.78, 5) is 0.882. The maximum Gasteiger partial charge on any atom is 0.118 e. The van der Waals surface area contributed by atoms with Crippen molar-refractivity contribution in [2.45, 2.75) is 12.6 Å². The number of methoxy groups -OCH3 is 1. The second-order valence-electron chi connectivity index (χ2n) is 4.14. The molecule has 1 heterocycles. The smallest absolute Gasteiger partial charge is 0.118 e. The molecule has 1 atom stereocenters. The third-order valence-corrected chi connectivity index (χ3v) is 4.08. The van der Waals surface area contributed by atoms with Crippen molar-refractivity contribution in [1.82, 2.24) is 5.32 Å². The van der Waals surface area contributed by atoms with E-state index in [1.807, 2.05) is 30.3 Å². The summed E-state index contributed by atoms with van der Waals surface area (Å²) in [5.74, 6) is 0.844. The number of hydrogen-bond acceptors (Lipinski definition) is 4. The lowest BCUT2D eigenvalue weighted by molar-refractivity contribution is 0.178. The van der Waals surface area contributed by atoms with Crippen molar-refractivity contribution in [1.29, 1.82) is 0 Å². The lowest BCUT2D eigenvalue weighted by Crippen LogP contribution is -2.20. The van der Waals surface area contributed by atoms with Crippen LogP contribution in [0.15, 0.2) is 36.4 Å². The molecule has 0 radical (unpaired) electrons. The predicted octanol–water partition coefficient (Wildman–Crippen LogP) is 3.23. The molecule has 19 heavy (non-hydrogen) atoms. The van der Waals surface area contributed by atoms with Crippen molar-refractivity contribution >= 4 is 22.9 Å². The van der Waals surface area contributed by atoms with E-state index in [-0.39, 0.29) is 0 Å². The summed E-state index contributed by atoms with van der Waals surface area (Å²) in [6.07, 6.45) is -0.518. The van der Waals surface area contributed by atoms with Gasteiger partial charge in [-0.1, -0.05) is 23.7 Å². The van der Waals surface area contributed by atoms with Crippen LogP contribution in [0.5, 0.6) is 5.75 Å². The fraction of sp³-hybridized carbons (Fsp3) is 0.286. The monoisotopic (exact) mass is 297 g/mol. The van der Waals surface area contributed by atoms with Crippen LogP contribution >= 0.6 is 22.9 Å². The third kappa shape index (κ3) is 4.21. The van der Waals surface area contributed by atoms with Gasteiger partial charge in [-0.25, -0.2) is 0 Å². The van der Waals surface area contributed by atoms with Gasteiger partial charge in [0.1, 0.15) is 11.9 Å². The van der Waals surface area contributed by atoms with E-state index in [1.54, 1.807) is 13.2 Å². The van der Waals surface area contributed by atoms with Gasteiger partial charge in [-0.2, -0.15) is 0 Å². The SMILES string of the molecule is COc1ccc(CNCC(O)c2ccc(Cl)s2)cc1. The average molecular weight is 298 g/mol. The topological polar surface area (TPSA) is 41.5 Å². The van der Waals surface area contributed by atoms with Crippen molar-refractivity contribution in [2.75, 3.05) is 13.7 Å². The van der Waals surface area contributed by atoms with Gasteiger partial charge in [0.2, 0.25) is 0 Å². The molecule has 102 valence electrons. The molecule has 1 unspecified atom stereocenters. The van der Waals surface area contributed by atoms with Gasteiger partial charge < -0.3 is 15.2 Å². The summed E-state index contributed by atoms with van der Waals surface area (Å²) in [6.45, 7) is 1.21. The number of halogens is 1. The van der Waals surface area contributed by atoms with Gasteiger partial charge in [0, 0.05) is 18.0 Å². The zero-order chi connectivity index (χ0) is 13.7. The maximum atomic E-state index is 9.96. The van der Waals surface area contributed by atoms with Crippen LogP contribution in [-0.4, -0.2) is 18.8 Å². The molecule has 2 rings (SSSR count). The minimum Gasteiger partial charge on any atom is -0.497 e. The van der Waals surface area contributed by atoms with Crippen LogP contribution in [0, 0.1) is 0 Å². The molecule has 0 amide bonds. The second-order valence-corrected chi connectivity index (χ2v) is 5.88. The van der Waals surface area contributed by atoms with Crippen LogP contribution < -0.4 is 10.1 Å². The van der Waals surface area contributed by atoms with Crippen molar-refractivity contribution < 1.29 is 9.84 Å². The van der Waals surface area contributed by atoms with Gasteiger partial charge in [-0.15, -0.1) is 11.3 Å². The minimum atomic E-state index is -0.518. The van der Waals surface area contributed by atoms with Crippen LogP contribution in [-0.2, 0) is 6.54 Å². The molecule has 1 aromatic carbocycles. The van der Waals surface area contributed by atoms with Crippen molar-refractivity contribution in [3.8, 4) is 5.75 Å². The van der Waals surface area contributed by atoms with E-state index in [0.717, 1.165) is 16.2 Å². The zero-order valence-corrected chi connectivity index (χ0v) is 12.2. The molecule has 3 nitrogen and oxygen atoms in total. The van der Waals surface area contributed by atoms with E-state index in [2.05, 4.69) is 5.32 Å². The Bertz CT molecular complexity index is 512. The van der Waals surface area contributed by atoms with Gasteiger partial charge in [-0.05, 0) is 29.8 Å². The summed E-state index contributed by atoms with van der Waals surface area (Å²) in [6, 6.07) is 11.5. The Labute approximate surface area is 121 Å². The van der Waals surface area contributed by atoms with Crippen LogP contribution in [0.4, 0.5) is 0 Å². The highest BCUT2D eigenvalue weighted by Gasteiger charge is 2.09. The first-order valence-electron chi connectivity index (χ1n) is 5.96. The first-order chi connectivity index (χ1) is 9.19. The lowest BCUT2D eigenvalue weighted by atomic mass is 10.2. The van der Waals surface area contributed by atoms with Crippen molar-refractivity contribution in [3.05, 3.63) is 51.2 Å². The highest BCUT2D eigenvalue weighted by atomic mass is 35.5. The van der Waals surface area contributed by atoms with Gasteiger partial charge >= 0.3 is 0 Å². The average Bonchev–Trinajstić information content (AvgIpc) is 2.86. The Hall–Kier alpha value is -1.07. The Morgan fingerprint density at radius 1 is 1.26 bits per heavy atom. The minimum absolute atomic E-state index is 0.503. The highest BCUT2D eigenvalue weighted by molar-refractivity contribution is 7.16. The molecular weight excluding hydrogens is 282 g/mol. The molecule has 0 fully saturated rings. The summed E-state index contributed by atoms with van der Waals surface area (Å²) in [5, 5.41) is 13.2. The van der Waals surface area contributed by atoms with Gasteiger partial charge in [0.05, 0.1) is 11.4 Å². The third-order valence-electron chi connectivity index (χ3n) is 2.75. The fourth-order valence-electron chi connectivity index (χ4n) is 1.70. The van der Waals surface area contributed by atoms with Crippen molar-refractivity contribution in [3.63, 3.8) is 0 Å². The molecular formula is C14H16ClNO2S. The summed E-state index contributed by atoms with van der Waals surface area (Å²) >= 11 is 7.24. The van der Waals surface area contributed by atoms with Crippen LogP contribution in [0.25, 0.3) is 0 Å². The molecule has 0 spiro atoms. The molecule has 0 saturated heterocycles. The number of thiophene rings is 1. The first kappa shape index (κ1) is 14.3. The molecule has 2 N–H and O–H groups in total. The number of aliphatic hydroxyl groups is 1. The van der Waals surface area contributed by atoms with Crippen LogP contribution in [0.2, 0.25) is 4.34 Å². The quantitative estimate of drug-likeness (QED) is 0.860. The van der Waals surface area contributed by atoms with E-state index in [9.17, 15) is 5.11 Å². The van der Waals surface area contributed by atoms with Gasteiger partial charge in [-0.3, -0.25) is 0 Å². The predicted molar refractivity (Wildman–Crippen MR) is 79.0 cm³/mol. The molecule has 0 aliphatic carbocycles. The molecule has 2 aromatic rings. The molecule has 5 heteroatoms. The van der Waals surface area contributed by atoms with Crippen LogP contribution in [0.3, 0.4) is 0 Å². The van der Waals surface area contributed by atoms with E-state index in [0.29, 0.717) is 17.4 Å². The Morgan fingerprint density at radius 2 is 2.00 bits per heavy atom. The normalized spacial score (nSPS) is 12.4. The lowest BCUT2D eigenvalue weighted by Gasteiger charge is -2.10. The number of nitrogens with one attached hydrogen (secondary N) is 1. The maximum absolute atomic E-state index is 9.96. The molecule has 0 aliphatic rings. The number of aliphatic hydroxyl groups excluding tert-OH is 1. The Morgan fingerprint density at radius 3 is 2.58 bits per heavy atom.